The van der Waals surface area contributed by atoms with E-state index in [1.54, 1.807) is 7.11 Å². The number of ether oxygens (including phenoxy) is 2. The second-order valence-corrected chi connectivity index (χ2v) is 5.15. The van der Waals surface area contributed by atoms with E-state index in [4.69, 9.17) is 9.47 Å². The highest BCUT2D eigenvalue weighted by Gasteiger charge is 2.09. The molecule has 1 N–H and O–H groups in total. The summed E-state index contributed by atoms with van der Waals surface area (Å²) in [5.74, 6) is 0.910. The molecule has 0 aliphatic carbocycles. The molecule has 1 rings (SSSR count). The Morgan fingerprint density at radius 3 is 2.65 bits per heavy atom. The van der Waals surface area contributed by atoms with Crippen LogP contribution in [0.1, 0.15) is 57.2 Å². The standard InChI is InChI=1S/C17H29NO2/c1-5-7-11-20-13-16-12-15(8-9-17(16)19-4)14(3)18-10-6-2/h8-9,12,14,18H,5-7,10-11,13H2,1-4H3. The zero-order chi connectivity index (χ0) is 14.8. The number of hydrogen-bond donors (Lipinski definition) is 1. The van der Waals surface area contributed by atoms with E-state index in [1.165, 1.54) is 5.56 Å². The van der Waals surface area contributed by atoms with Crippen molar-refractivity contribution in [3.05, 3.63) is 29.3 Å². The molecule has 0 radical (unpaired) electrons. The first-order chi connectivity index (χ1) is 9.72. The van der Waals surface area contributed by atoms with Gasteiger partial charge < -0.3 is 14.8 Å². The lowest BCUT2D eigenvalue weighted by Gasteiger charge is -2.17. The Labute approximate surface area is 123 Å². The van der Waals surface area contributed by atoms with Crippen LogP contribution < -0.4 is 10.1 Å². The maximum Gasteiger partial charge on any atom is 0.124 e. The lowest BCUT2D eigenvalue weighted by atomic mass is 10.0. The normalized spacial score (nSPS) is 12.4. The van der Waals surface area contributed by atoms with Crippen molar-refractivity contribution in [1.82, 2.24) is 5.32 Å². The fraction of sp³-hybridized carbons (Fsp3) is 0.647. The second kappa shape index (κ2) is 9.78. The minimum absolute atomic E-state index is 0.357. The number of rotatable bonds is 10. The van der Waals surface area contributed by atoms with Gasteiger partial charge in [0.25, 0.3) is 0 Å². The van der Waals surface area contributed by atoms with E-state index in [0.29, 0.717) is 12.6 Å². The topological polar surface area (TPSA) is 30.5 Å². The molecule has 0 spiro atoms. The third-order valence-corrected chi connectivity index (χ3v) is 3.40. The highest BCUT2D eigenvalue weighted by molar-refractivity contribution is 5.38. The first-order valence-corrected chi connectivity index (χ1v) is 7.70. The minimum Gasteiger partial charge on any atom is -0.496 e. The highest BCUT2D eigenvalue weighted by Crippen LogP contribution is 2.24. The monoisotopic (exact) mass is 279 g/mol. The molecule has 0 aliphatic heterocycles. The third-order valence-electron chi connectivity index (χ3n) is 3.40. The summed E-state index contributed by atoms with van der Waals surface area (Å²) in [6, 6.07) is 6.72. The van der Waals surface area contributed by atoms with Gasteiger partial charge >= 0.3 is 0 Å². The van der Waals surface area contributed by atoms with E-state index in [2.05, 4.69) is 38.2 Å². The maximum absolute atomic E-state index is 5.72. The van der Waals surface area contributed by atoms with E-state index in [1.807, 2.05) is 6.07 Å². The van der Waals surface area contributed by atoms with Gasteiger partial charge in [0.15, 0.2) is 0 Å². The third kappa shape index (κ3) is 5.51. The molecule has 1 unspecified atom stereocenters. The van der Waals surface area contributed by atoms with Crippen molar-refractivity contribution in [3.8, 4) is 5.75 Å². The van der Waals surface area contributed by atoms with E-state index in [0.717, 1.165) is 43.7 Å². The molecule has 1 atom stereocenters. The first-order valence-electron chi connectivity index (χ1n) is 7.70. The Balaban J connectivity index is 2.69. The summed E-state index contributed by atoms with van der Waals surface area (Å²) >= 11 is 0. The summed E-state index contributed by atoms with van der Waals surface area (Å²) in [5, 5.41) is 3.51. The summed E-state index contributed by atoms with van der Waals surface area (Å²) < 4.78 is 11.1. The SMILES string of the molecule is CCCCOCc1cc(C(C)NCCC)ccc1OC. The molecule has 0 aliphatic rings. The molecule has 0 heterocycles. The Bertz CT molecular complexity index is 379. The van der Waals surface area contributed by atoms with Crippen LogP contribution in [0.25, 0.3) is 0 Å². The van der Waals surface area contributed by atoms with Gasteiger partial charge in [0, 0.05) is 18.2 Å². The molecule has 0 saturated carbocycles. The average Bonchev–Trinajstić information content (AvgIpc) is 2.49. The van der Waals surface area contributed by atoms with Crippen molar-refractivity contribution in [1.29, 1.82) is 0 Å². The lowest BCUT2D eigenvalue weighted by molar-refractivity contribution is 0.116. The van der Waals surface area contributed by atoms with Crippen LogP contribution in [0.4, 0.5) is 0 Å². The van der Waals surface area contributed by atoms with Gasteiger partial charge in [0.1, 0.15) is 5.75 Å². The Morgan fingerprint density at radius 2 is 2.00 bits per heavy atom. The molecular weight excluding hydrogens is 250 g/mol. The van der Waals surface area contributed by atoms with Crippen molar-refractivity contribution < 1.29 is 9.47 Å². The molecule has 0 amide bonds. The molecule has 0 fully saturated rings. The summed E-state index contributed by atoms with van der Waals surface area (Å²) in [5.41, 5.74) is 2.42. The zero-order valence-corrected chi connectivity index (χ0v) is 13.4. The van der Waals surface area contributed by atoms with Crippen LogP contribution in [0.5, 0.6) is 5.75 Å². The lowest BCUT2D eigenvalue weighted by Crippen LogP contribution is -2.19. The predicted molar refractivity (Wildman–Crippen MR) is 84.3 cm³/mol. The van der Waals surface area contributed by atoms with Crippen molar-refractivity contribution in [2.45, 2.75) is 52.7 Å². The Morgan fingerprint density at radius 1 is 1.20 bits per heavy atom. The summed E-state index contributed by atoms with van der Waals surface area (Å²) in [6.45, 7) is 9.02. The molecule has 0 bridgehead atoms. The van der Waals surface area contributed by atoms with Gasteiger partial charge in [-0.1, -0.05) is 26.3 Å². The molecule has 0 aromatic heterocycles. The van der Waals surface area contributed by atoms with Crippen molar-refractivity contribution in [2.75, 3.05) is 20.3 Å². The van der Waals surface area contributed by atoms with Gasteiger partial charge in [-0.05, 0) is 44.0 Å². The van der Waals surface area contributed by atoms with E-state index >= 15 is 0 Å². The van der Waals surface area contributed by atoms with Gasteiger partial charge in [0.2, 0.25) is 0 Å². The molecular formula is C17H29NO2. The molecule has 0 saturated heterocycles. The second-order valence-electron chi connectivity index (χ2n) is 5.15. The van der Waals surface area contributed by atoms with Crippen molar-refractivity contribution in [2.24, 2.45) is 0 Å². The summed E-state index contributed by atoms with van der Waals surface area (Å²) in [6.07, 6.45) is 3.42. The molecule has 20 heavy (non-hydrogen) atoms. The molecule has 1 aromatic carbocycles. The van der Waals surface area contributed by atoms with Crippen LogP contribution in [-0.4, -0.2) is 20.3 Å². The highest BCUT2D eigenvalue weighted by atomic mass is 16.5. The van der Waals surface area contributed by atoms with Crippen LogP contribution in [-0.2, 0) is 11.3 Å². The van der Waals surface area contributed by atoms with Crippen LogP contribution in [0.15, 0.2) is 18.2 Å². The van der Waals surface area contributed by atoms with Crippen LogP contribution >= 0.6 is 0 Å². The quantitative estimate of drug-likeness (QED) is 0.655. The molecule has 1 aromatic rings. The van der Waals surface area contributed by atoms with Crippen molar-refractivity contribution in [3.63, 3.8) is 0 Å². The Kier molecular flexibility index (Phi) is 8.31. The predicted octanol–water partition coefficient (Wildman–Crippen LogP) is 4.07. The fourth-order valence-electron chi connectivity index (χ4n) is 2.09. The first kappa shape index (κ1) is 17.0. The van der Waals surface area contributed by atoms with Gasteiger partial charge in [-0.25, -0.2) is 0 Å². The fourth-order valence-corrected chi connectivity index (χ4v) is 2.09. The van der Waals surface area contributed by atoms with Gasteiger partial charge in [-0.15, -0.1) is 0 Å². The zero-order valence-electron chi connectivity index (χ0n) is 13.4. The van der Waals surface area contributed by atoms with Crippen molar-refractivity contribution >= 4 is 0 Å². The maximum atomic E-state index is 5.72. The van der Waals surface area contributed by atoms with Crippen LogP contribution in [0.2, 0.25) is 0 Å². The largest absolute Gasteiger partial charge is 0.496 e. The average molecular weight is 279 g/mol. The Hall–Kier alpha value is -1.06. The van der Waals surface area contributed by atoms with E-state index in [-0.39, 0.29) is 0 Å². The minimum atomic E-state index is 0.357. The summed E-state index contributed by atoms with van der Waals surface area (Å²) in [4.78, 5) is 0. The summed E-state index contributed by atoms with van der Waals surface area (Å²) in [7, 11) is 1.71. The molecule has 3 heteroatoms. The van der Waals surface area contributed by atoms with Crippen LogP contribution in [0, 0.1) is 0 Å². The van der Waals surface area contributed by atoms with E-state index < -0.39 is 0 Å². The van der Waals surface area contributed by atoms with Gasteiger partial charge in [0.05, 0.1) is 13.7 Å². The number of methoxy groups -OCH3 is 1. The van der Waals surface area contributed by atoms with Gasteiger partial charge in [-0.2, -0.15) is 0 Å². The van der Waals surface area contributed by atoms with Gasteiger partial charge in [-0.3, -0.25) is 0 Å². The molecule has 114 valence electrons. The number of nitrogens with one attached hydrogen (secondary N) is 1. The number of benzene rings is 1. The van der Waals surface area contributed by atoms with E-state index in [9.17, 15) is 0 Å². The number of unbranched alkanes of at least 4 members (excludes halogenated alkanes) is 1. The van der Waals surface area contributed by atoms with Crippen LogP contribution in [0.3, 0.4) is 0 Å². The number of hydrogen-bond acceptors (Lipinski definition) is 3. The smallest absolute Gasteiger partial charge is 0.124 e. The molecule has 3 nitrogen and oxygen atoms in total.